The lowest BCUT2D eigenvalue weighted by atomic mass is 10.1. The lowest BCUT2D eigenvalue weighted by Crippen LogP contribution is -2.26. The zero-order chi connectivity index (χ0) is 11.1. The fourth-order valence-electron chi connectivity index (χ4n) is 1.41. The van der Waals surface area contributed by atoms with Gasteiger partial charge < -0.3 is 10.6 Å². The first-order chi connectivity index (χ1) is 7.24. The van der Waals surface area contributed by atoms with E-state index in [-0.39, 0.29) is 0 Å². The molecule has 0 unspecified atom stereocenters. The van der Waals surface area contributed by atoms with Crippen molar-refractivity contribution in [3.05, 3.63) is 34.3 Å². The van der Waals surface area contributed by atoms with Crippen LogP contribution in [0.4, 0.5) is 0 Å². The second-order valence-corrected chi connectivity index (χ2v) is 4.04. The van der Waals surface area contributed by atoms with E-state index in [4.69, 9.17) is 11.6 Å². The summed E-state index contributed by atoms with van der Waals surface area (Å²) in [7, 11) is 0. The molecule has 0 amide bonds. The molecule has 0 aromatic heterocycles. The topological polar surface area (TPSA) is 24.1 Å². The van der Waals surface area contributed by atoms with E-state index in [0.717, 1.165) is 31.2 Å². The van der Waals surface area contributed by atoms with Crippen LogP contribution in [-0.4, -0.2) is 19.6 Å². The maximum Gasteiger partial charge on any atom is 0.0409 e. The van der Waals surface area contributed by atoms with Gasteiger partial charge in [-0.1, -0.05) is 24.6 Å². The maximum atomic E-state index is 5.94. The minimum Gasteiger partial charge on any atom is -0.316 e. The number of hydrogen-bond donors (Lipinski definition) is 2. The van der Waals surface area contributed by atoms with Gasteiger partial charge in [0.05, 0.1) is 0 Å². The standard InChI is InChI=1S/C12H19ClN2/c1-3-14-6-7-15-9-11-8-12(13)5-4-10(11)2/h4-5,8,14-15H,3,6-7,9H2,1-2H3. The van der Waals surface area contributed by atoms with Crippen LogP contribution in [0.1, 0.15) is 18.1 Å². The molecule has 0 spiro atoms. The lowest BCUT2D eigenvalue weighted by Gasteiger charge is -2.08. The fourth-order valence-corrected chi connectivity index (χ4v) is 1.60. The van der Waals surface area contributed by atoms with E-state index in [1.165, 1.54) is 11.1 Å². The second-order valence-electron chi connectivity index (χ2n) is 3.60. The Morgan fingerprint density at radius 3 is 2.67 bits per heavy atom. The molecule has 0 aliphatic carbocycles. The summed E-state index contributed by atoms with van der Waals surface area (Å²) in [6, 6.07) is 6.01. The summed E-state index contributed by atoms with van der Waals surface area (Å²) in [5.41, 5.74) is 2.56. The highest BCUT2D eigenvalue weighted by atomic mass is 35.5. The Morgan fingerprint density at radius 2 is 1.93 bits per heavy atom. The number of nitrogens with one attached hydrogen (secondary N) is 2. The smallest absolute Gasteiger partial charge is 0.0409 e. The van der Waals surface area contributed by atoms with Crippen LogP contribution in [0.15, 0.2) is 18.2 Å². The van der Waals surface area contributed by atoms with Gasteiger partial charge in [0.25, 0.3) is 0 Å². The molecule has 0 fully saturated rings. The normalized spacial score (nSPS) is 10.6. The summed E-state index contributed by atoms with van der Waals surface area (Å²) in [6.07, 6.45) is 0. The second kappa shape index (κ2) is 6.83. The first kappa shape index (κ1) is 12.5. The third-order valence-electron chi connectivity index (χ3n) is 2.36. The molecule has 0 aliphatic rings. The van der Waals surface area contributed by atoms with Gasteiger partial charge in [-0.15, -0.1) is 0 Å². The van der Waals surface area contributed by atoms with Crippen LogP contribution in [0.3, 0.4) is 0 Å². The van der Waals surface area contributed by atoms with Crippen molar-refractivity contribution in [3.63, 3.8) is 0 Å². The number of halogens is 1. The van der Waals surface area contributed by atoms with Gasteiger partial charge in [-0.25, -0.2) is 0 Å². The van der Waals surface area contributed by atoms with Crippen LogP contribution in [0.25, 0.3) is 0 Å². The fraction of sp³-hybridized carbons (Fsp3) is 0.500. The lowest BCUT2D eigenvalue weighted by molar-refractivity contribution is 0.624. The quantitative estimate of drug-likeness (QED) is 0.728. The monoisotopic (exact) mass is 226 g/mol. The van der Waals surface area contributed by atoms with E-state index < -0.39 is 0 Å². The summed E-state index contributed by atoms with van der Waals surface area (Å²) in [5, 5.41) is 7.46. The van der Waals surface area contributed by atoms with E-state index in [1.54, 1.807) is 0 Å². The van der Waals surface area contributed by atoms with Crippen LogP contribution in [0.2, 0.25) is 5.02 Å². The predicted molar refractivity (Wildman–Crippen MR) is 66.4 cm³/mol. The van der Waals surface area contributed by atoms with Crippen molar-refractivity contribution in [2.24, 2.45) is 0 Å². The summed E-state index contributed by atoms with van der Waals surface area (Å²) in [4.78, 5) is 0. The van der Waals surface area contributed by atoms with E-state index in [2.05, 4.69) is 30.5 Å². The van der Waals surface area contributed by atoms with E-state index >= 15 is 0 Å². The Morgan fingerprint density at radius 1 is 1.20 bits per heavy atom. The van der Waals surface area contributed by atoms with Crippen molar-refractivity contribution in [2.75, 3.05) is 19.6 Å². The van der Waals surface area contributed by atoms with Gasteiger partial charge in [-0.2, -0.15) is 0 Å². The molecule has 0 saturated heterocycles. The molecule has 1 aromatic rings. The third-order valence-corrected chi connectivity index (χ3v) is 2.59. The van der Waals surface area contributed by atoms with Gasteiger partial charge in [0.1, 0.15) is 0 Å². The average Bonchev–Trinajstić information content (AvgIpc) is 2.23. The number of likely N-dealkylation sites (N-methyl/N-ethyl adjacent to an activating group) is 1. The first-order valence-corrected chi connectivity index (χ1v) is 5.78. The van der Waals surface area contributed by atoms with Crippen LogP contribution in [0, 0.1) is 6.92 Å². The summed E-state index contributed by atoms with van der Waals surface area (Å²) in [5.74, 6) is 0. The van der Waals surface area contributed by atoms with Gasteiger partial charge >= 0.3 is 0 Å². The Bertz CT molecular complexity index is 300. The van der Waals surface area contributed by atoms with E-state index in [9.17, 15) is 0 Å². The van der Waals surface area contributed by atoms with Crippen molar-refractivity contribution in [1.82, 2.24) is 10.6 Å². The molecule has 15 heavy (non-hydrogen) atoms. The zero-order valence-corrected chi connectivity index (χ0v) is 10.2. The first-order valence-electron chi connectivity index (χ1n) is 5.40. The number of rotatable bonds is 6. The van der Waals surface area contributed by atoms with Crippen molar-refractivity contribution in [3.8, 4) is 0 Å². The van der Waals surface area contributed by atoms with E-state index in [1.807, 2.05) is 12.1 Å². The largest absolute Gasteiger partial charge is 0.316 e. The maximum absolute atomic E-state index is 5.94. The molecule has 0 saturated carbocycles. The van der Waals surface area contributed by atoms with Gasteiger partial charge in [0.2, 0.25) is 0 Å². The van der Waals surface area contributed by atoms with Crippen LogP contribution in [-0.2, 0) is 6.54 Å². The molecule has 84 valence electrons. The highest BCUT2D eigenvalue weighted by Gasteiger charge is 1.98. The molecule has 2 N–H and O–H groups in total. The van der Waals surface area contributed by atoms with Gasteiger partial charge in [0, 0.05) is 24.7 Å². The van der Waals surface area contributed by atoms with Gasteiger partial charge in [-0.05, 0) is 36.7 Å². The van der Waals surface area contributed by atoms with Gasteiger partial charge in [-0.3, -0.25) is 0 Å². The predicted octanol–water partition coefficient (Wildman–Crippen LogP) is 2.35. The molecular formula is C12H19ClN2. The molecule has 1 aromatic carbocycles. The summed E-state index contributed by atoms with van der Waals surface area (Å²) < 4.78 is 0. The van der Waals surface area contributed by atoms with Crippen LogP contribution >= 0.6 is 11.6 Å². The number of hydrogen-bond acceptors (Lipinski definition) is 2. The number of aryl methyl sites for hydroxylation is 1. The van der Waals surface area contributed by atoms with Crippen LogP contribution < -0.4 is 10.6 Å². The average molecular weight is 227 g/mol. The molecule has 0 aliphatic heterocycles. The third kappa shape index (κ3) is 4.65. The van der Waals surface area contributed by atoms with Crippen molar-refractivity contribution in [1.29, 1.82) is 0 Å². The molecule has 0 atom stereocenters. The van der Waals surface area contributed by atoms with Crippen molar-refractivity contribution >= 4 is 11.6 Å². The molecule has 2 nitrogen and oxygen atoms in total. The minimum absolute atomic E-state index is 0.809. The number of benzene rings is 1. The molecule has 0 bridgehead atoms. The Balaban J connectivity index is 2.33. The highest BCUT2D eigenvalue weighted by Crippen LogP contribution is 2.14. The molecule has 0 radical (unpaired) electrons. The Hall–Kier alpha value is -0.570. The molecule has 1 rings (SSSR count). The zero-order valence-electron chi connectivity index (χ0n) is 9.44. The Labute approximate surface area is 97.0 Å². The molecule has 0 heterocycles. The van der Waals surface area contributed by atoms with Gasteiger partial charge in [0.15, 0.2) is 0 Å². The SMILES string of the molecule is CCNCCNCc1cc(Cl)ccc1C. The van der Waals surface area contributed by atoms with Crippen LogP contribution in [0.5, 0.6) is 0 Å². The summed E-state index contributed by atoms with van der Waals surface area (Å²) in [6.45, 7) is 8.13. The minimum atomic E-state index is 0.809. The van der Waals surface area contributed by atoms with Crippen molar-refractivity contribution in [2.45, 2.75) is 20.4 Å². The van der Waals surface area contributed by atoms with Crippen molar-refractivity contribution < 1.29 is 0 Å². The Kier molecular flexibility index (Phi) is 5.69. The highest BCUT2D eigenvalue weighted by molar-refractivity contribution is 6.30. The summed E-state index contributed by atoms with van der Waals surface area (Å²) >= 11 is 5.94. The molecular weight excluding hydrogens is 208 g/mol. The van der Waals surface area contributed by atoms with E-state index in [0.29, 0.717) is 0 Å². The molecule has 3 heteroatoms.